The predicted octanol–water partition coefficient (Wildman–Crippen LogP) is 2.08. The van der Waals surface area contributed by atoms with Gasteiger partial charge in [-0.1, -0.05) is 36.4 Å². The van der Waals surface area contributed by atoms with Gasteiger partial charge in [-0.2, -0.15) is 0 Å². The van der Waals surface area contributed by atoms with Gasteiger partial charge in [0, 0.05) is 17.8 Å². The summed E-state index contributed by atoms with van der Waals surface area (Å²) in [4.78, 5) is 14.8. The Balaban J connectivity index is 1.79. The van der Waals surface area contributed by atoms with E-state index in [-0.39, 0.29) is 11.5 Å². The second-order valence-corrected chi connectivity index (χ2v) is 4.86. The maximum atomic E-state index is 12.1. The lowest BCUT2D eigenvalue weighted by Gasteiger charge is -2.06. The second kappa shape index (κ2) is 6.09. The van der Waals surface area contributed by atoms with Gasteiger partial charge in [0.1, 0.15) is 5.69 Å². The Morgan fingerprint density at radius 3 is 2.59 bits per heavy atom. The minimum atomic E-state index is -0.259. The molecule has 4 N–H and O–H groups in total. The number of nitrogen functional groups attached to an aromatic ring is 1. The van der Waals surface area contributed by atoms with Crippen LogP contribution in [0.1, 0.15) is 11.3 Å². The fourth-order valence-corrected chi connectivity index (χ4v) is 2.07. The van der Waals surface area contributed by atoms with Crippen molar-refractivity contribution in [2.24, 2.45) is 0 Å². The normalized spacial score (nSPS) is 10.4. The van der Waals surface area contributed by atoms with Gasteiger partial charge in [-0.05, 0) is 23.8 Å². The first-order valence-corrected chi connectivity index (χ1v) is 6.83. The average Bonchev–Trinajstić information content (AvgIpc) is 2.51. The molecular formula is C16H15N5O. The van der Waals surface area contributed by atoms with Gasteiger partial charge in [0.2, 0.25) is 5.95 Å². The highest BCUT2D eigenvalue weighted by Crippen LogP contribution is 2.14. The predicted molar refractivity (Wildman–Crippen MR) is 86.0 cm³/mol. The average molecular weight is 293 g/mol. The molecule has 0 radical (unpaired) electrons. The number of aromatic nitrogens is 3. The van der Waals surface area contributed by atoms with E-state index in [0.717, 1.165) is 11.3 Å². The molecule has 0 bridgehead atoms. The molecule has 2 aromatic carbocycles. The molecule has 0 amide bonds. The van der Waals surface area contributed by atoms with Gasteiger partial charge in [0.25, 0.3) is 5.56 Å². The third kappa shape index (κ3) is 3.29. The zero-order valence-corrected chi connectivity index (χ0v) is 11.8. The summed E-state index contributed by atoms with van der Waals surface area (Å²) >= 11 is 0. The molecule has 110 valence electrons. The minimum absolute atomic E-state index is 0.259. The van der Waals surface area contributed by atoms with Gasteiger partial charge >= 0.3 is 0 Å². The number of nitrogens with one attached hydrogen (secondary N) is 2. The van der Waals surface area contributed by atoms with Crippen molar-refractivity contribution in [1.29, 1.82) is 0 Å². The third-order valence-corrected chi connectivity index (χ3v) is 3.13. The van der Waals surface area contributed by atoms with Gasteiger partial charge in [-0.3, -0.25) is 9.78 Å². The van der Waals surface area contributed by atoms with Crippen molar-refractivity contribution in [3.8, 4) is 0 Å². The van der Waals surface area contributed by atoms with Gasteiger partial charge < -0.3 is 11.1 Å². The van der Waals surface area contributed by atoms with Crippen molar-refractivity contribution in [2.75, 3.05) is 11.1 Å². The van der Waals surface area contributed by atoms with Gasteiger partial charge in [0.15, 0.2) is 0 Å². The van der Waals surface area contributed by atoms with E-state index >= 15 is 0 Å². The van der Waals surface area contributed by atoms with Crippen LogP contribution in [0.5, 0.6) is 0 Å². The lowest BCUT2D eigenvalue weighted by atomic mass is 10.1. The molecule has 6 nitrogen and oxygen atoms in total. The Morgan fingerprint density at radius 2 is 1.86 bits per heavy atom. The highest BCUT2D eigenvalue weighted by molar-refractivity contribution is 5.59. The maximum Gasteiger partial charge on any atom is 0.274 e. The molecule has 3 rings (SSSR count). The summed E-state index contributed by atoms with van der Waals surface area (Å²) in [5, 5.41) is 11.0. The zero-order valence-electron chi connectivity index (χ0n) is 11.8. The van der Waals surface area contributed by atoms with Crippen LogP contribution in [-0.4, -0.2) is 15.2 Å². The molecule has 6 heteroatoms. The monoisotopic (exact) mass is 293 g/mol. The minimum Gasteiger partial charge on any atom is -0.399 e. The summed E-state index contributed by atoms with van der Waals surface area (Å²) in [5.74, 6) is 0.285. The molecule has 1 heterocycles. The lowest BCUT2D eigenvalue weighted by Crippen LogP contribution is -2.18. The topological polar surface area (TPSA) is 96.7 Å². The number of benzene rings is 2. The molecular weight excluding hydrogens is 278 g/mol. The number of hydrogen-bond acceptors (Lipinski definition) is 5. The van der Waals surface area contributed by atoms with E-state index in [9.17, 15) is 4.79 Å². The molecule has 22 heavy (non-hydrogen) atoms. The summed E-state index contributed by atoms with van der Waals surface area (Å²) in [6, 6.07) is 16.8. The number of nitrogens with zero attached hydrogens (tertiary/aromatic N) is 2. The largest absolute Gasteiger partial charge is 0.399 e. The summed E-state index contributed by atoms with van der Waals surface area (Å²) in [5.41, 5.74) is 8.20. The summed E-state index contributed by atoms with van der Waals surface area (Å²) < 4.78 is 0. The van der Waals surface area contributed by atoms with Gasteiger partial charge in [-0.25, -0.2) is 0 Å². The van der Waals surface area contributed by atoms with E-state index in [0.29, 0.717) is 17.8 Å². The fraction of sp³-hybridized carbons (Fsp3) is 0.0625. The molecule has 0 spiro atoms. The number of rotatable bonds is 4. The standard InChI is InChI=1S/C16H15N5O/c17-12-7-4-8-13(10-12)18-16-19-15(22)14(20-21-16)9-11-5-2-1-3-6-11/h1-8,10H,9,17H2,(H2,18,19,21,22). The molecule has 0 fully saturated rings. The Labute approximate surface area is 127 Å². The van der Waals surface area contributed by atoms with Crippen LogP contribution in [0.2, 0.25) is 0 Å². The molecule has 0 aliphatic carbocycles. The summed E-state index contributed by atoms with van der Waals surface area (Å²) in [6.45, 7) is 0. The van der Waals surface area contributed by atoms with E-state index in [4.69, 9.17) is 5.73 Å². The van der Waals surface area contributed by atoms with E-state index < -0.39 is 0 Å². The third-order valence-electron chi connectivity index (χ3n) is 3.13. The van der Waals surface area contributed by atoms with Crippen molar-refractivity contribution in [1.82, 2.24) is 15.2 Å². The number of H-pyrrole nitrogens is 1. The van der Waals surface area contributed by atoms with Crippen molar-refractivity contribution in [3.05, 3.63) is 76.2 Å². The summed E-state index contributed by atoms with van der Waals surface area (Å²) in [6.07, 6.45) is 0.446. The van der Waals surface area contributed by atoms with Crippen molar-refractivity contribution in [3.63, 3.8) is 0 Å². The van der Waals surface area contributed by atoms with Crippen molar-refractivity contribution < 1.29 is 0 Å². The highest BCUT2D eigenvalue weighted by Gasteiger charge is 2.06. The van der Waals surface area contributed by atoms with E-state index in [1.54, 1.807) is 12.1 Å². The number of hydrogen-bond donors (Lipinski definition) is 3. The van der Waals surface area contributed by atoms with Crippen LogP contribution in [-0.2, 0) is 6.42 Å². The second-order valence-electron chi connectivity index (χ2n) is 4.86. The van der Waals surface area contributed by atoms with Gasteiger partial charge in [-0.15, -0.1) is 10.2 Å². The number of aromatic amines is 1. The quantitative estimate of drug-likeness (QED) is 0.640. The van der Waals surface area contributed by atoms with Crippen LogP contribution in [0.15, 0.2) is 59.4 Å². The van der Waals surface area contributed by atoms with Crippen LogP contribution >= 0.6 is 0 Å². The Kier molecular flexibility index (Phi) is 3.82. The maximum absolute atomic E-state index is 12.1. The molecule has 0 aliphatic rings. The summed E-state index contributed by atoms with van der Waals surface area (Å²) in [7, 11) is 0. The molecule has 0 saturated heterocycles. The Morgan fingerprint density at radius 1 is 1.05 bits per heavy atom. The van der Waals surface area contributed by atoms with Crippen molar-refractivity contribution in [2.45, 2.75) is 6.42 Å². The first-order valence-electron chi connectivity index (χ1n) is 6.83. The number of nitrogens with two attached hydrogens (primary N) is 1. The van der Waals surface area contributed by atoms with Crippen LogP contribution in [0, 0.1) is 0 Å². The smallest absolute Gasteiger partial charge is 0.274 e. The van der Waals surface area contributed by atoms with Crippen LogP contribution < -0.4 is 16.6 Å². The molecule has 0 unspecified atom stereocenters. The van der Waals surface area contributed by atoms with Gasteiger partial charge in [0.05, 0.1) is 0 Å². The lowest BCUT2D eigenvalue weighted by molar-refractivity contribution is 0.874. The number of anilines is 3. The molecule has 1 aromatic heterocycles. The fourth-order valence-electron chi connectivity index (χ4n) is 2.07. The SMILES string of the molecule is Nc1cccc(Nc2nnc(Cc3ccccc3)c(=O)[nH]2)c1. The first-order chi connectivity index (χ1) is 10.7. The van der Waals surface area contributed by atoms with Crippen LogP contribution in [0.25, 0.3) is 0 Å². The van der Waals surface area contributed by atoms with Crippen LogP contribution in [0.3, 0.4) is 0 Å². The Hall–Kier alpha value is -3.15. The molecule has 0 saturated carbocycles. The van der Waals surface area contributed by atoms with E-state index in [1.165, 1.54) is 0 Å². The molecule has 0 aliphatic heterocycles. The van der Waals surface area contributed by atoms with E-state index in [2.05, 4.69) is 20.5 Å². The van der Waals surface area contributed by atoms with Crippen molar-refractivity contribution >= 4 is 17.3 Å². The zero-order chi connectivity index (χ0) is 15.4. The Bertz CT molecular complexity index is 829. The van der Waals surface area contributed by atoms with Crippen LogP contribution in [0.4, 0.5) is 17.3 Å². The molecule has 0 atom stereocenters. The first kappa shape index (κ1) is 13.8. The highest BCUT2D eigenvalue weighted by atomic mass is 16.1. The van der Waals surface area contributed by atoms with E-state index in [1.807, 2.05) is 42.5 Å². The molecule has 3 aromatic rings.